The number of nitriles is 1. The molecule has 0 saturated carbocycles. The monoisotopic (exact) mass is 446 g/mol. The van der Waals surface area contributed by atoms with Crippen molar-refractivity contribution in [2.75, 3.05) is 6.61 Å². The Morgan fingerprint density at radius 3 is 2.24 bits per heavy atom. The van der Waals surface area contributed by atoms with E-state index >= 15 is 0 Å². The summed E-state index contributed by atoms with van der Waals surface area (Å²) in [5.41, 5.74) is 6.61. The van der Waals surface area contributed by atoms with Gasteiger partial charge in [-0.25, -0.2) is 4.39 Å². The van der Waals surface area contributed by atoms with Crippen molar-refractivity contribution in [3.63, 3.8) is 0 Å². The number of rotatable bonds is 5. The number of hydrogen-bond acceptors (Lipinski definition) is 3. The zero-order valence-electron chi connectivity index (χ0n) is 18.6. The van der Waals surface area contributed by atoms with Gasteiger partial charge in [0.2, 0.25) is 0 Å². The summed E-state index contributed by atoms with van der Waals surface area (Å²) in [6.07, 6.45) is 1.12. The molecule has 0 saturated heterocycles. The number of fused-ring (bicyclic) bond motifs is 3. The van der Waals surface area contributed by atoms with Crippen LogP contribution in [0.5, 0.6) is 5.75 Å². The predicted molar refractivity (Wildman–Crippen MR) is 133 cm³/mol. The highest BCUT2D eigenvalue weighted by atomic mass is 19.1. The van der Waals surface area contributed by atoms with Gasteiger partial charge in [-0.3, -0.25) is 4.99 Å². The summed E-state index contributed by atoms with van der Waals surface area (Å²) in [4.78, 5) is 4.88. The molecular formula is C30H23FN2O. The molecule has 1 aliphatic heterocycles. The Bertz CT molecular complexity index is 1330. The second kappa shape index (κ2) is 9.72. The molecule has 1 heterocycles. The van der Waals surface area contributed by atoms with Crippen LogP contribution < -0.4 is 4.74 Å². The lowest BCUT2D eigenvalue weighted by Crippen LogP contribution is -2.12. The first-order valence-electron chi connectivity index (χ1n) is 11.3. The van der Waals surface area contributed by atoms with Gasteiger partial charge in [0.05, 0.1) is 18.4 Å². The molecule has 4 aromatic carbocycles. The van der Waals surface area contributed by atoms with Gasteiger partial charge in [0, 0.05) is 29.5 Å². The highest BCUT2D eigenvalue weighted by Crippen LogP contribution is 2.36. The van der Waals surface area contributed by atoms with Crippen molar-refractivity contribution in [1.82, 2.24) is 0 Å². The summed E-state index contributed by atoms with van der Waals surface area (Å²) < 4.78 is 19.7. The molecule has 1 unspecified atom stereocenters. The van der Waals surface area contributed by atoms with Crippen molar-refractivity contribution in [3.05, 3.63) is 125 Å². The number of aliphatic imine (C=N–C) groups is 1. The number of benzene rings is 4. The first-order valence-corrected chi connectivity index (χ1v) is 11.3. The van der Waals surface area contributed by atoms with E-state index in [0.29, 0.717) is 19.4 Å². The smallest absolute Gasteiger partial charge is 0.141 e. The Morgan fingerprint density at radius 1 is 0.882 bits per heavy atom. The molecular weight excluding hydrogens is 423 g/mol. The third-order valence-electron chi connectivity index (χ3n) is 5.99. The quantitative estimate of drug-likeness (QED) is 0.333. The number of ether oxygens (including phenoxy) is 1. The maximum Gasteiger partial charge on any atom is 0.141 e. The minimum absolute atomic E-state index is 0.235. The minimum Gasteiger partial charge on any atom is -0.493 e. The van der Waals surface area contributed by atoms with Gasteiger partial charge < -0.3 is 4.74 Å². The van der Waals surface area contributed by atoms with E-state index in [2.05, 4.69) is 6.07 Å². The fourth-order valence-corrected chi connectivity index (χ4v) is 4.35. The largest absolute Gasteiger partial charge is 0.493 e. The number of nitrogens with zero attached hydrogens (tertiary/aromatic N) is 2. The van der Waals surface area contributed by atoms with E-state index in [1.54, 1.807) is 6.07 Å². The van der Waals surface area contributed by atoms with Crippen molar-refractivity contribution < 1.29 is 9.13 Å². The maximum absolute atomic E-state index is 13.7. The summed E-state index contributed by atoms with van der Waals surface area (Å²) in [5.74, 6) is 0.524. The third-order valence-corrected chi connectivity index (χ3v) is 5.99. The van der Waals surface area contributed by atoms with Crippen molar-refractivity contribution in [2.24, 2.45) is 4.99 Å². The van der Waals surface area contributed by atoms with Gasteiger partial charge in [-0.15, -0.1) is 0 Å². The molecule has 0 radical (unpaired) electrons. The zero-order valence-corrected chi connectivity index (χ0v) is 18.6. The summed E-state index contributed by atoms with van der Waals surface area (Å²) in [7, 11) is 0. The van der Waals surface area contributed by atoms with Crippen LogP contribution in [0.3, 0.4) is 0 Å². The first-order chi connectivity index (χ1) is 16.7. The molecule has 4 aromatic rings. The van der Waals surface area contributed by atoms with E-state index in [1.807, 2.05) is 84.9 Å². The molecule has 0 amide bonds. The Labute approximate surface area is 198 Å². The lowest BCUT2D eigenvalue weighted by Gasteiger charge is -2.13. The van der Waals surface area contributed by atoms with Crippen LogP contribution in [-0.2, 0) is 12.8 Å². The van der Waals surface area contributed by atoms with Crippen molar-refractivity contribution in [1.29, 1.82) is 5.26 Å². The maximum atomic E-state index is 13.7. The predicted octanol–water partition coefficient (Wildman–Crippen LogP) is 6.40. The Hall–Kier alpha value is -4.23. The van der Waals surface area contributed by atoms with E-state index in [4.69, 9.17) is 9.73 Å². The van der Waals surface area contributed by atoms with Gasteiger partial charge in [-0.2, -0.15) is 5.26 Å². The Kier molecular flexibility index (Phi) is 6.18. The molecule has 0 N–H and O–H groups in total. The molecule has 0 aliphatic carbocycles. The van der Waals surface area contributed by atoms with Crippen molar-refractivity contribution in [2.45, 2.75) is 18.9 Å². The molecule has 0 fully saturated rings. The highest BCUT2D eigenvalue weighted by molar-refractivity contribution is 6.13. The number of halogens is 1. The van der Waals surface area contributed by atoms with E-state index < -0.39 is 6.04 Å². The average Bonchev–Trinajstić information content (AvgIpc) is 3.05. The van der Waals surface area contributed by atoms with Crippen LogP contribution in [0.25, 0.3) is 11.1 Å². The van der Waals surface area contributed by atoms with Crippen LogP contribution in [0.15, 0.2) is 102 Å². The van der Waals surface area contributed by atoms with Gasteiger partial charge in [0.1, 0.15) is 17.6 Å². The fraction of sp³-hybridized carbons (Fsp3) is 0.133. The van der Waals surface area contributed by atoms with Gasteiger partial charge in [-0.05, 0) is 34.9 Å². The van der Waals surface area contributed by atoms with E-state index in [9.17, 15) is 9.65 Å². The molecule has 34 heavy (non-hydrogen) atoms. The second-order valence-electron chi connectivity index (χ2n) is 8.29. The third kappa shape index (κ3) is 4.60. The highest BCUT2D eigenvalue weighted by Gasteiger charge is 2.18. The molecule has 1 atom stereocenters. The second-order valence-corrected chi connectivity index (χ2v) is 8.29. The van der Waals surface area contributed by atoms with Crippen LogP contribution >= 0.6 is 0 Å². The lowest BCUT2D eigenvalue weighted by molar-refractivity contribution is 0.326. The van der Waals surface area contributed by atoms with Crippen LogP contribution in [0.1, 0.15) is 22.3 Å². The first kappa shape index (κ1) is 21.6. The van der Waals surface area contributed by atoms with E-state index in [0.717, 1.165) is 44.8 Å². The molecule has 0 aromatic heterocycles. The van der Waals surface area contributed by atoms with Crippen LogP contribution in [0.2, 0.25) is 0 Å². The lowest BCUT2D eigenvalue weighted by atomic mass is 9.95. The Balaban J connectivity index is 1.47. The molecule has 1 aliphatic rings. The molecule has 3 nitrogen and oxygen atoms in total. The van der Waals surface area contributed by atoms with E-state index in [-0.39, 0.29) is 5.82 Å². The summed E-state index contributed by atoms with van der Waals surface area (Å²) in [6, 6.07) is 32.6. The minimum atomic E-state index is -0.555. The molecule has 5 rings (SSSR count). The summed E-state index contributed by atoms with van der Waals surface area (Å²) in [6.45, 7) is 0.485. The van der Waals surface area contributed by atoms with Gasteiger partial charge in [0.25, 0.3) is 0 Å². The SMILES string of the molecule is N#CC(Cc1ccc2c(c1)OCCc1cc(F)ccc1-2)N=C(c1ccccc1)c1ccccc1. The van der Waals surface area contributed by atoms with Crippen molar-refractivity contribution in [3.8, 4) is 22.9 Å². The van der Waals surface area contributed by atoms with Crippen molar-refractivity contribution >= 4 is 5.71 Å². The summed E-state index contributed by atoms with van der Waals surface area (Å²) in [5, 5.41) is 9.95. The standard InChI is InChI=1S/C30H23FN2O/c31-25-12-14-27-24(19-25)15-16-34-29-18-21(11-13-28(27)29)17-26(20-32)33-30(22-7-3-1-4-8-22)23-9-5-2-6-10-23/h1-14,18-19,26H,15-17H2. The molecule has 166 valence electrons. The molecule has 0 bridgehead atoms. The van der Waals surface area contributed by atoms with Gasteiger partial charge >= 0.3 is 0 Å². The number of hydrogen-bond donors (Lipinski definition) is 0. The normalized spacial score (nSPS) is 12.8. The Morgan fingerprint density at radius 2 is 1.56 bits per heavy atom. The molecule has 0 spiro atoms. The van der Waals surface area contributed by atoms with Gasteiger partial charge in [0.15, 0.2) is 0 Å². The fourth-order valence-electron chi connectivity index (χ4n) is 4.35. The molecule has 4 heteroatoms. The zero-order chi connectivity index (χ0) is 23.3. The topological polar surface area (TPSA) is 45.4 Å². The van der Waals surface area contributed by atoms with Crippen LogP contribution in [0.4, 0.5) is 4.39 Å². The van der Waals surface area contributed by atoms with Gasteiger partial charge in [-0.1, -0.05) is 78.9 Å². The van der Waals surface area contributed by atoms with E-state index in [1.165, 1.54) is 6.07 Å². The van der Waals surface area contributed by atoms with Crippen LogP contribution in [-0.4, -0.2) is 18.4 Å². The van der Waals surface area contributed by atoms with Crippen LogP contribution in [0, 0.1) is 17.1 Å². The average molecular weight is 447 g/mol. The summed E-state index contributed by atoms with van der Waals surface area (Å²) >= 11 is 0.